The van der Waals surface area contributed by atoms with E-state index in [9.17, 15) is 0 Å². The van der Waals surface area contributed by atoms with Crippen molar-refractivity contribution in [2.45, 2.75) is 84.0 Å². The normalized spacial score (nSPS) is 13.5. The second-order valence-electron chi connectivity index (χ2n) is 26.0. The number of anilines is 6. The van der Waals surface area contributed by atoms with Gasteiger partial charge in [-0.3, -0.25) is 0 Å². The summed E-state index contributed by atoms with van der Waals surface area (Å²) >= 11 is 2.53. The van der Waals surface area contributed by atoms with Gasteiger partial charge in [0.05, 0.1) is 11.4 Å². The molecule has 1 spiro atoms. The molecule has 4 heterocycles. The minimum atomic E-state index is -0.803. The molecule has 0 unspecified atom stereocenters. The van der Waals surface area contributed by atoms with Crippen molar-refractivity contribution in [2.75, 3.05) is 9.80 Å². The minimum absolute atomic E-state index is 0.125. The van der Waals surface area contributed by atoms with Gasteiger partial charge in [-0.25, -0.2) is 0 Å². The van der Waals surface area contributed by atoms with Gasteiger partial charge in [0, 0.05) is 11.9 Å². The molecular formula is C79H69N5OPt. The van der Waals surface area contributed by atoms with Crippen molar-refractivity contribution in [2.24, 2.45) is 0 Å². The van der Waals surface area contributed by atoms with E-state index in [1.165, 1.54) is 33.4 Å². The van der Waals surface area contributed by atoms with E-state index in [1.807, 2.05) is 6.20 Å². The summed E-state index contributed by atoms with van der Waals surface area (Å²) in [6.45, 7) is 20.8. The number of fused-ring (bicyclic) bond motifs is 9. The maximum absolute atomic E-state index is 7.29. The average Bonchev–Trinajstić information content (AvgIpc) is 0.795. The van der Waals surface area contributed by atoms with Crippen molar-refractivity contribution in [1.82, 2.24) is 14.1 Å². The molecule has 0 N–H and O–H groups in total. The Hall–Kier alpha value is -9.09. The third kappa shape index (κ3) is 9.11. The van der Waals surface area contributed by atoms with Gasteiger partial charge in [-0.2, -0.15) is 0 Å². The molecule has 0 fully saturated rings. The number of hydrogen-bond donors (Lipinski definition) is 0. The van der Waals surface area contributed by atoms with Crippen molar-refractivity contribution in [3.05, 3.63) is 298 Å². The van der Waals surface area contributed by atoms with Gasteiger partial charge in [-0.15, -0.1) is 0 Å². The SMILES string of the molecule is CC(C)(C)c1ccnc(N2c3ccccc3C3(c4cc(C(C)(C)C)ccc4N(c4ccccc4)c4ccc(C(C)(C)C)cc43)c3ccc(Oc4cccc(-n5[c](=[Pt])n(-c6c(-c7ccccc7)cccc6-c6ccccc6)c6ccccc65)c4)cc32)c1. The van der Waals surface area contributed by atoms with Crippen LogP contribution in [0.3, 0.4) is 0 Å². The molecule has 426 valence electrons. The van der Waals surface area contributed by atoms with Gasteiger partial charge in [0.2, 0.25) is 0 Å². The third-order valence-corrected chi connectivity index (χ3v) is 18.5. The van der Waals surface area contributed by atoms with E-state index in [1.54, 1.807) is 0 Å². The first kappa shape index (κ1) is 54.8. The van der Waals surface area contributed by atoms with E-state index in [0.29, 0.717) is 5.75 Å². The molecule has 0 aliphatic carbocycles. The molecule has 0 amide bonds. The number of pyridine rings is 1. The second-order valence-corrected chi connectivity index (χ2v) is 27.0. The van der Waals surface area contributed by atoms with Crippen LogP contribution in [0.25, 0.3) is 44.7 Å². The van der Waals surface area contributed by atoms with Crippen LogP contribution >= 0.6 is 0 Å². The van der Waals surface area contributed by atoms with Crippen molar-refractivity contribution < 1.29 is 24.1 Å². The number of rotatable bonds is 8. The molecule has 12 aromatic rings. The number of nitrogens with zero attached hydrogens (tertiary/aromatic N) is 5. The van der Waals surface area contributed by atoms with Crippen molar-refractivity contribution in [3.8, 4) is 45.1 Å². The van der Waals surface area contributed by atoms with Crippen LogP contribution in [0, 0.1) is 3.80 Å². The molecule has 2 aliphatic heterocycles. The van der Waals surface area contributed by atoms with Crippen LogP contribution in [0.4, 0.5) is 34.3 Å². The maximum atomic E-state index is 7.29. The fourth-order valence-corrected chi connectivity index (χ4v) is 14.3. The zero-order valence-corrected chi connectivity index (χ0v) is 52.5. The third-order valence-electron chi connectivity index (χ3n) is 17.5. The van der Waals surface area contributed by atoms with Gasteiger partial charge in [-0.1, -0.05) is 123 Å². The monoisotopic (exact) mass is 1300 g/mol. The van der Waals surface area contributed by atoms with Gasteiger partial charge < -0.3 is 4.90 Å². The first-order chi connectivity index (χ1) is 41.5. The number of ether oxygens (including phenoxy) is 1. The zero-order chi connectivity index (χ0) is 59.3. The number of hydrogen-bond acceptors (Lipinski definition) is 4. The van der Waals surface area contributed by atoms with Crippen LogP contribution < -0.4 is 14.5 Å². The van der Waals surface area contributed by atoms with Crippen molar-refractivity contribution >= 4 is 45.3 Å². The first-order valence-electron chi connectivity index (χ1n) is 29.8. The van der Waals surface area contributed by atoms with E-state index in [4.69, 9.17) is 9.72 Å². The molecule has 2 aromatic heterocycles. The average molecular weight is 1300 g/mol. The summed E-state index contributed by atoms with van der Waals surface area (Å²) in [5, 5.41) is 0. The van der Waals surface area contributed by atoms with Crippen LogP contribution in [-0.4, -0.2) is 14.1 Å². The molecular weight excluding hydrogens is 1230 g/mol. The topological polar surface area (TPSA) is 38.5 Å². The number of imidazole rings is 1. The standard InChI is InChI=1S/C79H69N5O.Pt/c1-76(2,3)55-39-43-69-66(47-55)79(67-48-56(77(4,5)6)40-44-70(67)83(69)58-29-17-12-18-30-58)64-35-19-20-36-68(64)84(74-49-57(45-46-80-74)78(7,8)9)73-51-61(41-42-65(73)79)85-60-32-23-31-59(50-60)81-52-82(72-38-22-21-37-71(72)81)75-62(53-25-13-10-14-26-53)33-24-34-63(75)54-27-15-11-16-28-54;/h10-51H,1-9H3;. The molecule has 0 bridgehead atoms. The Morgan fingerprint density at radius 3 is 1.47 bits per heavy atom. The molecule has 14 rings (SSSR count). The van der Waals surface area contributed by atoms with Crippen LogP contribution in [0.15, 0.2) is 255 Å². The second kappa shape index (κ2) is 20.9. The van der Waals surface area contributed by atoms with Crippen molar-refractivity contribution in [3.63, 3.8) is 0 Å². The van der Waals surface area contributed by atoms with E-state index >= 15 is 0 Å². The molecule has 10 aromatic carbocycles. The van der Waals surface area contributed by atoms with E-state index < -0.39 is 5.41 Å². The van der Waals surface area contributed by atoms with Crippen molar-refractivity contribution in [1.29, 1.82) is 0 Å². The van der Waals surface area contributed by atoms with Gasteiger partial charge in [0.15, 0.2) is 0 Å². The summed E-state index contributed by atoms with van der Waals surface area (Å²) in [6.07, 6.45) is 1.97. The molecule has 7 heteroatoms. The fraction of sp³-hybridized carbons (Fsp3) is 0.165. The predicted octanol–water partition coefficient (Wildman–Crippen LogP) is 20.9. The Kier molecular flexibility index (Phi) is 13.3. The van der Waals surface area contributed by atoms with Crippen LogP contribution in [0.5, 0.6) is 11.5 Å². The number of benzene rings is 10. The van der Waals surface area contributed by atoms with E-state index in [-0.39, 0.29) is 16.2 Å². The summed E-state index contributed by atoms with van der Waals surface area (Å²) in [5.41, 5.74) is 21.7. The summed E-state index contributed by atoms with van der Waals surface area (Å²) in [5.74, 6) is 2.29. The van der Waals surface area contributed by atoms with Gasteiger partial charge in [0.1, 0.15) is 0 Å². The van der Waals surface area contributed by atoms with E-state index in [2.05, 4.69) is 349 Å². The quantitative estimate of drug-likeness (QED) is 0.152. The summed E-state index contributed by atoms with van der Waals surface area (Å²) < 4.78 is 13.1. The summed E-state index contributed by atoms with van der Waals surface area (Å²) in [7, 11) is 0. The Balaban J connectivity index is 0.990. The number of para-hydroxylation sites is 5. The molecule has 6 nitrogen and oxygen atoms in total. The molecule has 0 saturated carbocycles. The summed E-state index contributed by atoms with van der Waals surface area (Å²) in [4.78, 5) is 10.2. The fourth-order valence-electron chi connectivity index (χ4n) is 13.2. The van der Waals surface area contributed by atoms with Gasteiger partial charge in [-0.05, 0) is 63.3 Å². The molecule has 0 saturated heterocycles. The molecule has 0 atom stereocenters. The molecule has 86 heavy (non-hydrogen) atoms. The van der Waals surface area contributed by atoms with Crippen LogP contribution in [0.1, 0.15) is 101 Å². The Morgan fingerprint density at radius 1 is 0.372 bits per heavy atom. The van der Waals surface area contributed by atoms with Gasteiger partial charge in [0.25, 0.3) is 0 Å². The van der Waals surface area contributed by atoms with Crippen LogP contribution in [-0.2, 0) is 41.0 Å². The Bertz CT molecular complexity index is 4530. The molecule has 2 aliphatic rings. The Morgan fingerprint density at radius 2 is 0.860 bits per heavy atom. The molecule has 0 radical (unpaired) electrons. The predicted molar refractivity (Wildman–Crippen MR) is 352 cm³/mol. The Labute approximate surface area is 516 Å². The first-order valence-corrected chi connectivity index (χ1v) is 31.0. The zero-order valence-electron chi connectivity index (χ0n) is 50.2. The van der Waals surface area contributed by atoms with Crippen LogP contribution in [0.2, 0.25) is 0 Å². The number of aromatic nitrogens is 3. The van der Waals surface area contributed by atoms with Gasteiger partial charge >= 0.3 is 306 Å². The summed E-state index contributed by atoms with van der Waals surface area (Å²) in [6, 6.07) is 91.1. The van der Waals surface area contributed by atoms with E-state index in [0.717, 1.165) is 94.0 Å².